The highest BCUT2D eigenvalue weighted by Gasteiger charge is 2.13. The second-order valence-corrected chi connectivity index (χ2v) is 8.03. The zero-order chi connectivity index (χ0) is 17.2. The predicted molar refractivity (Wildman–Crippen MR) is 95.1 cm³/mol. The monoisotopic (exact) mass is 358 g/mol. The average Bonchev–Trinajstić information content (AvgIpc) is 3.03. The summed E-state index contributed by atoms with van der Waals surface area (Å²) >= 11 is 1.32. The molecule has 3 aromatic rings. The molecule has 1 aromatic heterocycles. The van der Waals surface area contributed by atoms with Crippen LogP contribution in [0.3, 0.4) is 0 Å². The van der Waals surface area contributed by atoms with Gasteiger partial charge in [-0.05, 0) is 18.2 Å². The smallest absolute Gasteiger partial charge is 0.257 e. The molecule has 5 nitrogen and oxygen atoms in total. The van der Waals surface area contributed by atoms with Gasteiger partial charge in [-0.1, -0.05) is 36.4 Å². The van der Waals surface area contributed by atoms with Crippen LogP contribution in [0.1, 0.15) is 10.4 Å². The van der Waals surface area contributed by atoms with E-state index in [1.165, 1.54) is 23.5 Å². The molecular formula is C17H14N2O3S2. The van der Waals surface area contributed by atoms with Gasteiger partial charge in [-0.15, -0.1) is 11.3 Å². The Labute approximate surface area is 143 Å². The molecule has 0 aliphatic heterocycles. The number of aromatic nitrogens is 1. The minimum absolute atomic E-state index is 0.110. The molecule has 0 bridgehead atoms. The van der Waals surface area contributed by atoms with E-state index in [0.29, 0.717) is 5.13 Å². The van der Waals surface area contributed by atoms with E-state index in [9.17, 15) is 13.2 Å². The standard InChI is InChI=1S/C17H14N2O3S2/c1-24(21,22)14-9-5-8-13(10-14)16(20)19-17-18-15(11-23-17)12-6-3-2-4-7-12/h2-11H,1H3,(H,18,19,20). The van der Waals surface area contributed by atoms with Crippen molar-refractivity contribution in [2.24, 2.45) is 0 Å². The summed E-state index contributed by atoms with van der Waals surface area (Å²) in [6, 6.07) is 15.6. The van der Waals surface area contributed by atoms with Crippen molar-refractivity contribution in [1.29, 1.82) is 0 Å². The van der Waals surface area contributed by atoms with Crippen LogP contribution in [0.25, 0.3) is 11.3 Å². The molecule has 0 saturated carbocycles. The van der Waals surface area contributed by atoms with E-state index in [0.717, 1.165) is 17.5 Å². The molecule has 122 valence electrons. The number of anilines is 1. The highest BCUT2D eigenvalue weighted by molar-refractivity contribution is 7.90. The summed E-state index contributed by atoms with van der Waals surface area (Å²) in [7, 11) is -3.36. The number of rotatable bonds is 4. The first-order chi connectivity index (χ1) is 11.4. The molecule has 0 saturated heterocycles. The molecular weight excluding hydrogens is 344 g/mol. The van der Waals surface area contributed by atoms with Crippen molar-refractivity contribution >= 4 is 32.2 Å². The Morgan fingerprint density at radius 1 is 1.08 bits per heavy atom. The fourth-order valence-electron chi connectivity index (χ4n) is 2.11. The summed E-state index contributed by atoms with van der Waals surface area (Å²) in [6.45, 7) is 0. The Balaban J connectivity index is 1.80. The van der Waals surface area contributed by atoms with E-state index in [4.69, 9.17) is 0 Å². The summed E-state index contributed by atoms with van der Waals surface area (Å²) in [4.78, 5) is 16.8. The number of nitrogens with zero attached hydrogens (tertiary/aromatic N) is 1. The number of hydrogen-bond acceptors (Lipinski definition) is 5. The van der Waals surface area contributed by atoms with Crippen LogP contribution >= 0.6 is 11.3 Å². The van der Waals surface area contributed by atoms with Crippen molar-refractivity contribution < 1.29 is 13.2 Å². The Morgan fingerprint density at radius 2 is 1.83 bits per heavy atom. The van der Waals surface area contributed by atoms with Crippen molar-refractivity contribution in [2.75, 3.05) is 11.6 Å². The zero-order valence-electron chi connectivity index (χ0n) is 12.8. The van der Waals surface area contributed by atoms with Crippen LogP contribution in [-0.2, 0) is 9.84 Å². The van der Waals surface area contributed by atoms with Gasteiger partial charge in [0, 0.05) is 22.8 Å². The lowest BCUT2D eigenvalue weighted by molar-refractivity contribution is 0.102. The summed E-state index contributed by atoms with van der Waals surface area (Å²) in [5.41, 5.74) is 2.02. The largest absolute Gasteiger partial charge is 0.298 e. The van der Waals surface area contributed by atoms with Gasteiger partial charge in [-0.25, -0.2) is 13.4 Å². The second-order valence-electron chi connectivity index (χ2n) is 5.16. The molecule has 1 heterocycles. The van der Waals surface area contributed by atoms with Gasteiger partial charge in [-0.2, -0.15) is 0 Å². The molecule has 0 spiro atoms. The summed E-state index contributed by atoms with van der Waals surface area (Å²) < 4.78 is 23.2. The quantitative estimate of drug-likeness (QED) is 0.775. The molecule has 1 amide bonds. The van der Waals surface area contributed by atoms with Crippen molar-refractivity contribution in [1.82, 2.24) is 4.98 Å². The minimum Gasteiger partial charge on any atom is -0.298 e. The zero-order valence-corrected chi connectivity index (χ0v) is 14.4. The third-order valence-corrected chi connectivity index (χ3v) is 5.19. The Morgan fingerprint density at radius 3 is 2.54 bits per heavy atom. The highest BCUT2D eigenvalue weighted by Crippen LogP contribution is 2.25. The number of thiazole rings is 1. The van der Waals surface area contributed by atoms with E-state index < -0.39 is 15.7 Å². The summed E-state index contributed by atoms with van der Waals surface area (Å²) in [6.07, 6.45) is 1.11. The normalized spacial score (nSPS) is 11.2. The van der Waals surface area contributed by atoms with E-state index in [2.05, 4.69) is 10.3 Å². The molecule has 1 N–H and O–H groups in total. The Hall–Kier alpha value is -2.51. The van der Waals surface area contributed by atoms with Crippen molar-refractivity contribution in [3.63, 3.8) is 0 Å². The molecule has 2 aromatic carbocycles. The van der Waals surface area contributed by atoms with Crippen molar-refractivity contribution in [3.8, 4) is 11.3 Å². The van der Waals surface area contributed by atoms with Gasteiger partial charge < -0.3 is 0 Å². The third kappa shape index (κ3) is 3.69. The molecule has 0 aliphatic rings. The van der Waals surface area contributed by atoms with Crippen LogP contribution in [-0.4, -0.2) is 25.6 Å². The molecule has 7 heteroatoms. The van der Waals surface area contributed by atoms with Crippen molar-refractivity contribution in [2.45, 2.75) is 4.90 Å². The molecule has 0 unspecified atom stereocenters. The predicted octanol–water partition coefficient (Wildman–Crippen LogP) is 3.47. The number of carbonyl (C=O) groups is 1. The lowest BCUT2D eigenvalue weighted by atomic mass is 10.2. The summed E-state index contributed by atoms with van der Waals surface area (Å²) in [5.74, 6) is -0.394. The first-order valence-corrected chi connectivity index (χ1v) is 9.83. The average molecular weight is 358 g/mol. The minimum atomic E-state index is -3.36. The van der Waals surface area contributed by atoms with Gasteiger partial charge >= 0.3 is 0 Å². The van der Waals surface area contributed by atoms with Crippen LogP contribution in [0.4, 0.5) is 5.13 Å². The molecule has 0 fully saturated rings. The van der Waals surface area contributed by atoms with Gasteiger partial charge in [0.2, 0.25) is 0 Å². The lowest BCUT2D eigenvalue weighted by Crippen LogP contribution is -2.12. The molecule has 3 rings (SSSR count). The van der Waals surface area contributed by atoms with Crippen LogP contribution in [0, 0.1) is 0 Å². The van der Waals surface area contributed by atoms with Gasteiger partial charge in [0.15, 0.2) is 15.0 Å². The van der Waals surface area contributed by atoms with Crippen LogP contribution in [0.5, 0.6) is 0 Å². The van der Waals surface area contributed by atoms with Gasteiger partial charge in [0.05, 0.1) is 10.6 Å². The maximum Gasteiger partial charge on any atom is 0.257 e. The maximum absolute atomic E-state index is 12.3. The fourth-order valence-corrected chi connectivity index (χ4v) is 3.49. The highest BCUT2D eigenvalue weighted by atomic mass is 32.2. The SMILES string of the molecule is CS(=O)(=O)c1cccc(C(=O)Nc2nc(-c3ccccc3)cs2)c1. The third-order valence-electron chi connectivity index (χ3n) is 3.32. The van der Waals surface area contributed by atoms with E-state index >= 15 is 0 Å². The fraction of sp³-hybridized carbons (Fsp3) is 0.0588. The van der Waals surface area contributed by atoms with Crippen LogP contribution in [0.2, 0.25) is 0 Å². The Kier molecular flexibility index (Phi) is 4.46. The number of benzene rings is 2. The van der Waals surface area contributed by atoms with Crippen LogP contribution in [0.15, 0.2) is 64.9 Å². The summed E-state index contributed by atoms with van der Waals surface area (Å²) in [5, 5.41) is 5.02. The van der Waals surface area contributed by atoms with Gasteiger partial charge in [0.1, 0.15) is 0 Å². The molecule has 0 radical (unpaired) electrons. The topological polar surface area (TPSA) is 76.1 Å². The number of amides is 1. The number of carbonyl (C=O) groups excluding carboxylic acids is 1. The lowest BCUT2D eigenvalue weighted by Gasteiger charge is -2.04. The first-order valence-electron chi connectivity index (χ1n) is 7.06. The number of nitrogens with one attached hydrogen (secondary N) is 1. The van der Waals surface area contributed by atoms with Gasteiger partial charge in [-0.3, -0.25) is 10.1 Å². The number of hydrogen-bond donors (Lipinski definition) is 1. The Bertz CT molecular complexity index is 980. The van der Waals surface area contributed by atoms with E-state index in [1.807, 2.05) is 35.7 Å². The first kappa shape index (κ1) is 16.4. The second kappa shape index (κ2) is 6.54. The maximum atomic E-state index is 12.3. The molecule has 24 heavy (non-hydrogen) atoms. The van der Waals surface area contributed by atoms with Gasteiger partial charge in [0.25, 0.3) is 5.91 Å². The van der Waals surface area contributed by atoms with Crippen molar-refractivity contribution in [3.05, 3.63) is 65.5 Å². The van der Waals surface area contributed by atoms with E-state index in [1.54, 1.807) is 12.1 Å². The van der Waals surface area contributed by atoms with Crippen LogP contribution < -0.4 is 5.32 Å². The molecule has 0 atom stereocenters. The molecule has 0 aliphatic carbocycles. The number of sulfone groups is 1. The van der Waals surface area contributed by atoms with E-state index in [-0.39, 0.29) is 10.5 Å².